The van der Waals surface area contributed by atoms with E-state index >= 15 is 0 Å². The van der Waals surface area contributed by atoms with Crippen molar-refractivity contribution in [2.45, 2.75) is 24.4 Å². The maximum atomic E-state index is 12.7. The summed E-state index contributed by atoms with van der Waals surface area (Å²) in [4.78, 5) is 1.11. The first-order valence-corrected chi connectivity index (χ1v) is 6.13. The number of benzene rings is 1. The number of halogens is 6. The van der Waals surface area contributed by atoms with E-state index in [1.54, 1.807) is 0 Å². The third kappa shape index (κ3) is 2.83. The van der Waals surface area contributed by atoms with Gasteiger partial charge in [-0.1, -0.05) is 0 Å². The van der Waals surface area contributed by atoms with Gasteiger partial charge in [-0.2, -0.15) is 31.6 Å². The number of aliphatic hydroxyl groups is 1. The van der Waals surface area contributed by atoms with E-state index in [1.807, 2.05) is 0 Å². The van der Waals surface area contributed by atoms with Crippen molar-refractivity contribution in [1.82, 2.24) is 0 Å². The fourth-order valence-electron chi connectivity index (χ4n) is 2.31. The molecule has 1 fully saturated rings. The van der Waals surface area contributed by atoms with Crippen molar-refractivity contribution < 1.29 is 31.4 Å². The van der Waals surface area contributed by atoms with Gasteiger partial charge in [0.25, 0.3) is 0 Å². The van der Waals surface area contributed by atoms with E-state index in [1.165, 1.54) is 6.07 Å². The van der Waals surface area contributed by atoms with Crippen molar-refractivity contribution in [3.8, 4) is 6.07 Å². The lowest BCUT2D eigenvalue weighted by Gasteiger charge is -2.26. The van der Waals surface area contributed by atoms with E-state index < -0.39 is 42.0 Å². The Morgan fingerprint density at radius 2 is 1.82 bits per heavy atom. The van der Waals surface area contributed by atoms with Gasteiger partial charge in [-0.3, -0.25) is 0 Å². The Bertz CT molecular complexity index is 618. The second kappa shape index (κ2) is 5.05. The van der Waals surface area contributed by atoms with Gasteiger partial charge < -0.3 is 10.0 Å². The van der Waals surface area contributed by atoms with Crippen LogP contribution in [0.1, 0.15) is 17.5 Å². The smallest absolute Gasteiger partial charge is 0.379 e. The van der Waals surface area contributed by atoms with Crippen LogP contribution in [0.3, 0.4) is 0 Å². The number of nitrogens with zero attached hydrogens (tertiary/aromatic N) is 2. The fraction of sp³-hybridized carbons (Fsp3) is 0.462. The zero-order valence-corrected chi connectivity index (χ0v) is 11.0. The summed E-state index contributed by atoms with van der Waals surface area (Å²) in [5.74, 6) is 0. The molecule has 1 N–H and O–H groups in total. The van der Waals surface area contributed by atoms with Crippen molar-refractivity contribution in [3.05, 3.63) is 29.3 Å². The Hall–Kier alpha value is -1.95. The Labute approximate surface area is 121 Å². The topological polar surface area (TPSA) is 47.3 Å². The molecule has 0 radical (unpaired) electrons. The monoisotopic (exact) mass is 324 g/mol. The van der Waals surface area contributed by atoms with Crippen LogP contribution in [0.25, 0.3) is 0 Å². The van der Waals surface area contributed by atoms with Gasteiger partial charge in [0.2, 0.25) is 0 Å². The summed E-state index contributed by atoms with van der Waals surface area (Å²) >= 11 is 0. The van der Waals surface area contributed by atoms with Gasteiger partial charge in [-0.05, 0) is 18.2 Å². The van der Waals surface area contributed by atoms with Crippen LogP contribution in [0.4, 0.5) is 32.0 Å². The average Bonchev–Trinajstić information content (AvgIpc) is 2.80. The molecule has 1 aliphatic heterocycles. The molecule has 22 heavy (non-hydrogen) atoms. The summed E-state index contributed by atoms with van der Waals surface area (Å²) in [6.07, 6.45) is -10.1. The highest BCUT2D eigenvalue weighted by atomic mass is 19.4. The van der Waals surface area contributed by atoms with Gasteiger partial charge in [-0.15, -0.1) is 0 Å². The van der Waals surface area contributed by atoms with Crippen LogP contribution >= 0.6 is 0 Å². The summed E-state index contributed by atoms with van der Waals surface area (Å²) in [5, 5.41) is 18.3. The van der Waals surface area contributed by atoms with Crippen LogP contribution in [-0.2, 0) is 6.18 Å². The first-order valence-electron chi connectivity index (χ1n) is 6.13. The lowest BCUT2D eigenvalue weighted by atomic mass is 10.0. The van der Waals surface area contributed by atoms with Crippen LogP contribution < -0.4 is 4.90 Å². The Balaban J connectivity index is 2.31. The van der Waals surface area contributed by atoms with Crippen LogP contribution in [0.2, 0.25) is 0 Å². The predicted molar refractivity (Wildman–Crippen MR) is 64.0 cm³/mol. The van der Waals surface area contributed by atoms with Crippen molar-refractivity contribution in [3.63, 3.8) is 0 Å². The highest BCUT2D eigenvalue weighted by Gasteiger charge is 2.57. The van der Waals surface area contributed by atoms with Crippen LogP contribution in [0, 0.1) is 11.3 Å². The number of hydrogen-bond donors (Lipinski definition) is 1. The van der Waals surface area contributed by atoms with Crippen molar-refractivity contribution in [2.75, 3.05) is 18.0 Å². The highest BCUT2D eigenvalue weighted by molar-refractivity contribution is 5.56. The Morgan fingerprint density at radius 1 is 1.18 bits per heavy atom. The zero-order chi connectivity index (χ0) is 16.8. The van der Waals surface area contributed by atoms with Crippen LogP contribution in [-0.4, -0.2) is 30.0 Å². The molecule has 1 atom stereocenters. The van der Waals surface area contributed by atoms with E-state index in [2.05, 4.69) is 0 Å². The molecule has 0 amide bonds. The molecule has 2 rings (SSSR count). The molecule has 0 saturated carbocycles. The van der Waals surface area contributed by atoms with E-state index in [0.717, 1.165) is 17.0 Å². The molecule has 120 valence electrons. The summed E-state index contributed by atoms with van der Waals surface area (Å²) < 4.78 is 76.2. The summed E-state index contributed by atoms with van der Waals surface area (Å²) in [6, 6.07) is 3.91. The minimum Gasteiger partial charge on any atom is -0.379 e. The second-order valence-electron chi connectivity index (χ2n) is 5.04. The summed E-state index contributed by atoms with van der Waals surface area (Å²) in [6.45, 7) is -0.959. The van der Waals surface area contributed by atoms with Crippen LogP contribution in [0.5, 0.6) is 0 Å². The van der Waals surface area contributed by atoms with Gasteiger partial charge >= 0.3 is 12.4 Å². The molecule has 1 aromatic carbocycles. The average molecular weight is 324 g/mol. The molecular formula is C13H10F6N2O. The normalized spacial score (nSPS) is 22.7. The lowest BCUT2D eigenvalue weighted by Crippen LogP contribution is -2.47. The van der Waals surface area contributed by atoms with Crippen molar-refractivity contribution >= 4 is 5.69 Å². The maximum absolute atomic E-state index is 12.7. The quantitative estimate of drug-likeness (QED) is 0.808. The zero-order valence-electron chi connectivity index (χ0n) is 11.0. The third-order valence-electron chi connectivity index (χ3n) is 3.57. The van der Waals surface area contributed by atoms with Gasteiger partial charge in [0.05, 0.1) is 23.7 Å². The predicted octanol–water partition coefficient (Wildman–Crippen LogP) is 3.08. The molecule has 0 aromatic heterocycles. The summed E-state index contributed by atoms with van der Waals surface area (Å²) in [7, 11) is 0. The van der Waals surface area contributed by atoms with Crippen LogP contribution in [0.15, 0.2) is 18.2 Å². The maximum Gasteiger partial charge on any atom is 0.418 e. The van der Waals surface area contributed by atoms with E-state index in [0.29, 0.717) is 6.07 Å². The van der Waals surface area contributed by atoms with Gasteiger partial charge in [0.1, 0.15) is 0 Å². The number of nitriles is 1. The van der Waals surface area contributed by atoms with Gasteiger partial charge in [0, 0.05) is 18.7 Å². The van der Waals surface area contributed by atoms with E-state index in [4.69, 9.17) is 5.26 Å². The lowest BCUT2D eigenvalue weighted by molar-refractivity contribution is -0.250. The molecule has 0 spiro atoms. The van der Waals surface area contributed by atoms with E-state index in [-0.39, 0.29) is 12.2 Å². The molecule has 1 heterocycles. The van der Waals surface area contributed by atoms with E-state index in [9.17, 15) is 31.4 Å². The Morgan fingerprint density at radius 3 is 2.27 bits per heavy atom. The standard InChI is InChI=1S/C13H10F6N2O/c14-12(15,16)10-2-1-9(5-8(10)6-20)21-4-3-11(22,7-21)13(17,18)19/h1-2,5,22H,3-4,7H2/t11-/m1/s1. The van der Waals surface area contributed by atoms with Gasteiger partial charge in [-0.25, -0.2) is 0 Å². The first-order chi connectivity index (χ1) is 9.98. The first kappa shape index (κ1) is 16.4. The second-order valence-corrected chi connectivity index (χ2v) is 5.04. The molecular weight excluding hydrogens is 314 g/mol. The number of alkyl halides is 6. The minimum atomic E-state index is -4.83. The van der Waals surface area contributed by atoms with Crippen molar-refractivity contribution in [2.24, 2.45) is 0 Å². The SMILES string of the molecule is N#Cc1cc(N2CC[C@](O)(C(F)(F)F)C2)ccc1C(F)(F)F. The molecule has 0 unspecified atom stereocenters. The number of β-amino-alcohol motifs (C(OH)–C–C–N with tert-alkyl or cyclic N) is 1. The minimum absolute atomic E-state index is 0.0322. The number of anilines is 1. The highest BCUT2D eigenvalue weighted by Crippen LogP contribution is 2.40. The largest absolute Gasteiger partial charge is 0.418 e. The fourth-order valence-corrected chi connectivity index (χ4v) is 2.31. The molecule has 3 nitrogen and oxygen atoms in total. The molecule has 9 heteroatoms. The molecule has 1 aliphatic rings. The molecule has 1 saturated heterocycles. The number of rotatable bonds is 1. The van der Waals surface area contributed by atoms with Crippen molar-refractivity contribution in [1.29, 1.82) is 5.26 Å². The Kier molecular flexibility index (Phi) is 3.77. The number of hydrogen-bond acceptors (Lipinski definition) is 3. The molecule has 1 aromatic rings. The molecule has 0 bridgehead atoms. The summed E-state index contributed by atoms with van der Waals surface area (Å²) in [5.41, 5.74) is -4.69. The third-order valence-corrected chi connectivity index (χ3v) is 3.57. The van der Waals surface area contributed by atoms with Gasteiger partial charge in [0.15, 0.2) is 5.60 Å². The molecule has 0 aliphatic carbocycles.